The fourth-order valence-electron chi connectivity index (χ4n) is 2.62. The zero-order valence-corrected chi connectivity index (χ0v) is 13.9. The molecule has 0 aromatic heterocycles. The first kappa shape index (κ1) is 15.7. The summed E-state index contributed by atoms with van der Waals surface area (Å²) in [6.45, 7) is 0. The lowest BCUT2D eigenvalue weighted by atomic mass is 10.1. The second-order valence-corrected chi connectivity index (χ2v) is 6.74. The molecule has 0 fully saturated rings. The highest BCUT2D eigenvalue weighted by atomic mass is 32.2. The van der Waals surface area contributed by atoms with E-state index < -0.39 is 5.82 Å². The number of benzene rings is 3. The fourth-order valence-corrected chi connectivity index (χ4v) is 3.76. The van der Waals surface area contributed by atoms with Gasteiger partial charge in [-0.15, -0.1) is 0 Å². The molecular formula is C20H14FNO2S. The third-order valence-corrected chi connectivity index (χ3v) is 5.09. The Bertz CT molecular complexity index is 913. The van der Waals surface area contributed by atoms with E-state index in [2.05, 4.69) is 5.32 Å². The van der Waals surface area contributed by atoms with Crippen molar-refractivity contribution in [3.8, 4) is 11.5 Å². The van der Waals surface area contributed by atoms with E-state index in [-0.39, 0.29) is 11.3 Å². The summed E-state index contributed by atoms with van der Waals surface area (Å²) >= 11 is 1.49. The molecular weight excluding hydrogens is 337 g/mol. The van der Waals surface area contributed by atoms with E-state index in [0.29, 0.717) is 5.56 Å². The molecule has 25 heavy (non-hydrogen) atoms. The van der Waals surface area contributed by atoms with Crippen LogP contribution in [0.25, 0.3) is 0 Å². The van der Waals surface area contributed by atoms with Gasteiger partial charge in [0.15, 0.2) is 0 Å². The Morgan fingerprint density at radius 3 is 2.40 bits per heavy atom. The number of nitrogens with one attached hydrogen (secondary N) is 1. The highest BCUT2D eigenvalue weighted by molar-refractivity contribution is 7.99. The summed E-state index contributed by atoms with van der Waals surface area (Å²) in [5.74, 6) is 0.828. The van der Waals surface area contributed by atoms with Crippen molar-refractivity contribution < 1.29 is 13.9 Å². The molecule has 124 valence electrons. The number of fused-ring (bicyclic) bond motifs is 1. The van der Waals surface area contributed by atoms with E-state index >= 15 is 0 Å². The normalized spacial score (nSPS) is 16.0. The average Bonchev–Trinajstić information content (AvgIpc) is 2.64. The van der Waals surface area contributed by atoms with Crippen LogP contribution in [-0.4, -0.2) is 5.91 Å². The minimum absolute atomic E-state index is 0.212. The first-order valence-corrected chi connectivity index (χ1v) is 8.67. The van der Waals surface area contributed by atoms with Gasteiger partial charge in [-0.2, -0.15) is 0 Å². The number of amides is 1. The molecule has 5 heteroatoms. The van der Waals surface area contributed by atoms with Gasteiger partial charge >= 0.3 is 0 Å². The monoisotopic (exact) mass is 351 g/mol. The van der Waals surface area contributed by atoms with Crippen LogP contribution >= 0.6 is 11.8 Å². The molecule has 1 unspecified atom stereocenters. The number of thioether (sulfide) groups is 1. The van der Waals surface area contributed by atoms with Gasteiger partial charge in [0.1, 0.15) is 22.7 Å². The van der Waals surface area contributed by atoms with Crippen molar-refractivity contribution >= 4 is 17.7 Å². The van der Waals surface area contributed by atoms with E-state index in [1.807, 2.05) is 54.6 Å². The molecule has 1 aliphatic heterocycles. The summed E-state index contributed by atoms with van der Waals surface area (Å²) in [6, 6.07) is 21.4. The molecule has 3 nitrogen and oxygen atoms in total. The van der Waals surface area contributed by atoms with Crippen LogP contribution in [0.3, 0.4) is 0 Å². The number of halogens is 1. The smallest absolute Gasteiger partial charge is 0.253 e. The maximum absolute atomic E-state index is 13.3. The van der Waals surface area contributed by atoms with Gasteiger partial charge in [-0.25, -0.2) is 4.39 Å². The van der Waals surface area contributed by atoms with Gasteiger partial charge in [0.05, 0.1) is 5.56 Å². The molecule has 0 radical (unpaired) electrons. The standard InChI is InChI=1S/C20H14FNO2S/c21-14-8-11-18-17(12-14)19(23)22-20(25-18)13-6-9-16(10-7-13)24-15-4-2-1-3-5-15/h1-12,20H,(H,22,23). The number of hydrogen-bond donors (Lipinski definition) is 1. The summed E-state index contributed by atoms with van der Waals surface area (Å²) in [5.41, 5.74) is 1.33. The Hall–Kier alpha value is -2.79. The Kier molecular flexibility index (Phi) is 4.15. The molecule has 1 aliphatic rings. The predicted molar refractivity (Wildman–Crippen MR) is 95.4 cm³/mol. The SMILES string of the molecule is O=C1NC(c2ccc(Oc3ccccc3)cc2)Sc2ccc(F)cc21. The Labute approximate surface area is 148 Å². The third-order valence-electron chi connectivity index (χ3n) is 3.85. The van der Waals surface area contributed by atoms with Gasteiger partial charge in [-0.05, 0) is 48.0 Å². The van der Waals surface area contributed by atoms with E-state index in [4.69, 9.17) is 4.74 Å². The second-order valence-electron chi connectivity index (χ2n) is 5.60. The number of rotatable bonds is 3. The number of carbonyl (C=O) groups excluding carboxylic acids is 1. The summed E-state index contributed by atoms with van der Waals surface area (Å²) in [4.78, 5) is 13.0. The van der Waals surface area contributed by atoms with Crippen LogP contribution in [0.5, 0.6) is 11.5 Å². The van der Waals surface area contributed by atoms with Gasteiger partial charge in [0.2, 0.25) is 0 Å². The van der Waals surface area contributed by atoms with Crippen LogP contribution in [-0.2, 0) is 0 Å². The second kappa shape index (κ2) is 6.61. The van der Waals surface area contributed by atoms with Gasteiger partial charge in [-0.1, -0.05) is 42.1 Å². The number of carbonyl (C=O) groups is 1. The predicted octanol–water partition coefficient (Wildman–Crippen LogP) is 5.15. The van der Waals surface area contributed by atoms with Crippen molar-refractivity contribution in [1.29, 1.82) is 0 Å². The summed E-state index contributed by atoms with van der Waals surface area (Å²) in [6.07, 6.45) is 0. The molecule has 1 amide bonds. The zero-order chi connectivity index (χ0) is 17.2. The van der Waals surface area contributed by atoms with Gasteiger partial charge in [-0.3, -0.25) is 4.79 Å². The summed E-state index contributed by atoms with van der Waals surface area (Å²) in [5, 5.41) is 2.69. The quantitative estimate of drug-likeness (QED) is 0.709. The minimum Gasteiger partial charge on any atom is -0.457 e. The molecule has 1 atom stereocenters. The molecule has 3 aromatic rings. The van der Waals surface area contributed by atoms with Crippen molar-refractivity contribution in [3.63, 3.8) is 0 Å². The summed E-state index contributed by atoms with van der Waals surface area (Å²) in [7, 11) is 0. The molecule has 0 bridgehead atoms. The Morgan fingerprint density at radius 2 is 1.64 bits per heavy atom. The molecule has 1 heterocycles. The number of para-hydroxylation sites is 1. The average molecular weight is 351 g/mol. The highest BCUT2D eigenvalue weighted by Gasteiger charge is 2.26. The molecule has 1 N–H and O–H groups in total. The first-order valence-electron chi connectivity index (χ1n) is 7.79. The molecule has 0 spiro atoms. The lowest BCUT2D eigenvalue weighted by molar-refractivity contribution is 0.0943. The zero-order valence-electron chi connectivity index (χ0n) is 13.1. The van der Waals surface area contributed by atoms with E-state index in [1.165, 1.54) is 23.9 Å². The van der Waals surface area contributed by atoms with Gasteiger partial charge < -0.3 is 10.1 Å². The van der Waals surface area contributed by atoms with Crippen LogP contribution in [0.4, 0.5) is 4.39 Å². The van der Waals surface area contributed by atoms with E-state index in [1.54, 1.807) is 6.07 Å². The molecule has 0 saturated carbocycles. The third kappa shape index (κ3) is 3.37. The minimum atomic E-state index is -0.407. The lowest BCUT2D eigenvalue weighted by Gasteiger charge is -2.25. The van der Waals surface area contributed by atoms with Crippen LogP contribution in [0, 0.1) is 5.82 Å². The van der Waals surface area contributed by atoms with Crippen molar-refractivity contribution in [2.45, 2.75) is 10.3 Å². The van der Waals surface area contributed by atoms with Crippen LogP contribution in [0.15, 0.2) is 77.7 Å². The maximum Gasteiger partial charge on any atom is 0.253 e. The highest BCUT2D eigenvalue weighted by Crippen LogP contribution is 2.39. The largest absolute Gasteiger partial charge is 0.457 e. The topological polar surface area (TPSA) is 38.3 Å². The van der Waals surface area contributed by atoms with E-state index in [9.17, 15) is 9.18 Å². The maximum atomic E-state index is 13.3. The molecule has 0 aliphatic carbocycles. The van der Waals surface area contributed by atoms with Gasteiger partial charge in [0, 0.05) is 4.90 Å². The van der Waals surface area contributed by atoms with Crippen molar-refractivity contribution in [2.24, 2.45) is 0 Å². The molecule has 0 saturated heterocycles. The van der Waals surface area contributed by atoms with Crippen LogP contribution < -0.4 is 10.1 Å². The van der Waals surface area contributed by atoms with Crippen molar-refractivity contribution in [2.75, 3.05) is 0 Å². The Balaban J connectivity index is 1.53. The number of hydrogen-bond acceptors (Lipinski definition) is 3. The molecule has 4 rings (SSSR count). The first-order chi connectivity index (χ1) is 12.2. The van der Waals surface area contributed by atoms with E-state index in [0.717, 1.165) is 22.0 Å². The van der Waals surface area contributed by atoms with Gasteiger partial charge in [0.25, 0.3) is 5.91 Å². The van der Waals surface area contributed by atoms with Crippen LogP contribution in [0.2, 0.25) is 0 Å². The number of ether oxygens (including phenoxy) is 1. The fraction of sp³-hybridized carbons (Fsp3) is 0.0500. The van der Waals surface area contributed by atoms with Crippen molar-refractivity contribution in [3.05, 3.63) is 89.7 Å². The Morgan fingerprint density at radius 1 is 0.920 bits per heavy atom. The summed E-state index contributed by atoms with van der Waals surface area (Å²) < 4.78 is 19.1. The van der Waals surface area contributed by atoms with Crippen LogP contribution in [0.1, 0.15) is 21.3 Å². The molecule has 3 aromatic carbocycles. The van der Waals surface area contributed by atoms with Crippen molar-refractivity contribution in [1.82, 2.24) is 5.32 Å². The lowest BCUT2D eigenvalue weighted by Crippen LogP contribution is -2.30.